The van der Waals surface area contributed by atoms with Gasteiger partial charge in [-0.25, -0.2) is 0 Å². The second-order valence-electron chi connectivity index (χ2n) is 6.73. The molecule has 0 saturated heterocycles. The summed E-state index contributed by atoms with van der Waals surface area (Å²) in [5.41, 5.74) is 2.45. The molecule has 1 aliphatic heterocycles. The molecular formula is C19H28P+. The van der Waals surface area contributed by atoms with Crippen LogP contribution in [0.15, 0.2) is 30.1 Å². The monoisotopic (exact) mass is 287 g/mol. The molecule has 3 rings (SSSR count). The van der Waals surface area contributed by atoms with Crippen molar-refractivity contribution in [2.75, 3.05) is 6.66 Å². The van der Waals surface area contributed by atoms with Gasteiger partial charge in [0.05, 0.1) is 25.4 Å². The first kappa shape index (κ1) is 14.3. The van der Waals surface area contributed by atoms with Gasteiger partial charge in [0.2, 0.25) is 0 Å². The molecule has 1 aliphatic carbocycles. The third-order valence-electron chi connectivity index (χ3n) is 5.35. The van der Waals surface area contributed by atoms with E-state index in [-0.39, 0.29) is 0 Å². The molecule has 0 nitrogen and oxygen atoms in total. The van der Waals surface area contributed by atoms with Gasteiger partial charge in [0.25, 0.3) is 0 Å². The lowest BCUT2D eigenvalue weighted by Gasteiger charge is -2.28. The molecule has 1 saturated carbocycles. The molecule has 0 spiro atoms. The standard InChI is InChI=1S/C19H28P/c1-20(16-15-17-11-9-10-14-19(17)20)18-12-7-5-3-2-4-6-8-13-18/h9-11,14-16,18H,2-8,12-13H2,1H3/q+1. The van der Waals surface area contributed by atoms with Crippen LogP contribution in [0.2, 0.25) is 0 Å². The second-order valence-corrected chi connectivity index (χ2v) is 10.5. The average Bonchev–Trinajstić information content (AvgIpc) is 2.84. The zero-order valence-corrected chi connectivity index (χ0v) is 13.7. The van der Waals surface area contributed by atoms with Gasteiger partial charge in [-0.3, -0.25) is 0 Å². The highest BCUT2D eigenvalue weighted by Gasteiger charge is 2.44. The molecule has 1 fully saturated rings. The van der Waals surface area contributed by atoms with Gasteiger partial charge in [-0.1, -0.05) is 50.3 Å². The van der Waals surface area contributed by atoms with Crippen molar-refractivity contribution in [3.05, 3.63) is 35.6 Å². The van der Waals surface area contributed by atoms with E-state index in [4.69, 9.17) is 0 Å². The van der Waals surface area contributed by atoms with Gasteiger partial charge in [-0.05, 0) is 37.8 Å². The maximum atomic E-state index is 2.61. The second kappa shape index (κ2) is 6.44. The van der Waals surface area contributed by atoms with Gasteiger partial charge >= 0.3 is 0 Å². The Bertz CT molecular complexity index is 466. The van der Waals surface area contributed by atoms with Gasteiger partial charge in [0, 0.05) is 5.56 Å². The molecule has 1 aromatic rings. The van der Waals surface area contributed by atoms with Crippen LogP contribution in [0, 0.1) is 0 Å². The lowest BCUT2D eigenvalue weighted by molar-refractivity contribution is 0.508. The molecule has 1 heterocycles. The number of benzene rings is 1. The van der Waals surface area contributed by atoms with E-state index in [1.165, 1.54) is 63.4 Å². The molecule has 20 heavy (non-hydrogen) atoms. The number of rotatable bonds is 1. The van der Waals surface area contributed by atoms with Crippen LogP contribution in [0.25, 0.3) is 6.08 Å². The molecule has 2 aliphatic rings. The Balaban J connectivity index is 1.80. The van der Waals surface area contributed by atoms with Gasteiger partial charge in [0.15, 0.2) is 0 Å². The lowest BCUT2D eigenvalue weighted by atomic mass is 10.0. The van der Waals surface area contributed by atoms with Gasteiger partial charge < -0.3 is 0 Å². The predicted molar refractivity (Wildman–Crippen MR) is 93.3 cm³/mol. The van der Waals surface area contributed by atoms with Crippen LogP contribution in [0.1, 0.15) is 63.4 Å². The van der Waals surface area contributed by atoms with E-state index in [2.05, 4.69) is 42.8 Å². The number of hydrogen-bond acceptors (Lipinski definition) is 0. The van der Waals surface area contributed by atoms with Crippen LogP contribution in [0.4, 0.5) is 0 Å². The maximum absolute atomic E-state index is 2.61. The van der Waals surface area contributed by atoms with E-state index in [1.807, 2.05) is 0 Å². The zero-order chi connectivity index (χ0) is 13.8. The van der Waals surface area contributed by atoms with Crippen LogP contribution in [0.5, 0.6) is 0 Å². The van der Waals surface area contributed by atoms with E-state index in [0.717, 1.165) is 5.66 Å². The summed E-state index contributed by atoms with van der Waals surface area (Å²) >= 11 is 0. The summed E-state index contributed by atoms with van der Waals surface area (Å²) in [4.78, 5) is 0. The van der Waals surface area contributed by atoms with Gasteiger partial charge in [-0.15, -0.1) is 0 Å². The van der Waals surface area contributed by atoms with Gasteiger partial charge in [-0.2, -0.15) is 0 Å². The minimum absolute atomic E-state index is 0.945. The smallest absolute Gasteiger partial charge is 0.0614 e. The summed E-state index contributed by atoms with van der Waals surface area (Å²) in [6.45, 7) is 2.59. The largest absolute Gasteiger partial charge is 0.106 e. The van der Waals surface area contributed by atoms with Crippen molar-refractivity contribution < 1.29 is 0 Å². The minimum Gasteiger partial charge on any atom is -0.0614 e. The fourth-order valence-corrected chi connectivity index (χ4v) is 7.84. The predicted octanol–water partition coefficient (Wildman–Crippen LogP) is 5.84. The fraction of sp³-hybridized carbons (Fsp3) is 0.579. The van der Waals surface area contributed by atoms with Crippen LogP contribution in [-0.4, -0.2) is 12.3 Å². The zero-order valence-electron chi connectivity index (χ0n) is 12.9. The average molecular weight is 287 g/mol. The number of fused-ring (bicyclic) bond motifs is 1. The normalized spacial score (nSPS) is 28.2. The molecule has 108 valence electrons. The Morgan fingerprint density at radius 1 is 0.850 bits per heavy atom. The van der Waals surface area contributed by atoms with E-state index >= 15 is 0 Å². The lowest BCUT2D eigenvalue weighted by Crippen LogP contribution is -2.21. The molecule has 0 N–H and O–H groups in total. The van der Waals surface area contributed by atoms with E-state index in [9.17, 15) is 0 Å². The highest BCUT2D eigenvalue weighted by molar-refractivity contribution is 7.86. The van der Waals surface area contributed by atoms with Crippen molar-refractivity contribution in [2.24, 2.45) is 0 Å². The Morgan fingerprint density at radius 3 is 2.15 bits per heavy atom. The summed E-state index contributed by atoms with van der Waals surface area (Å²) in [7, 11) is -1.05. The van der Waals surface area contributed by atoms with Crippen LogP contribution >= 0.6 is 7.26 Å². The molecule has 0 amide bonds. The summed E-state index contributed by atoms with van der Waals surface area (Å²) in [6, 6.07) is 9.13. The summed E-state index contributed by atoms with van der Waals surface area (Å²) in [5, 5.41) is 1.68. The van der Waals surface area contributed by atoms with Gasteiger partial charge in [0.1, 0.15) is 5.30 Å². The Hall–Kier alpha value is -0.610. The highest BCUT2D eigenvalue weighted by Crippen LogP contribution is 2.66. The van der Waals surface area contributed by atoms with Crippen LogP contribution < -0.4 is 5.30 Å². The van der Waals surface area contributed by atoms with Crippen LogP contribution in [0.3, 0.4) is 0 Å². The SMILES string of the molecule is C[P+]1(C2CCCCCCCCC2)C=Cc2ccccc21. The third-order valence-corrected chi connectivity index (χ3v) is 9.60. The summed E-state index contributed by atoms with van der Waals surface area (Å²) < 4.78 is 0. The van der Waals surface area contributed by atoms with Crippen molar-refractivity contribution in [2.45, 2.75) is 63.4 Å². The maximum Gasteiger partial charge on any atom is 0.106 e. The van der Waals surface area contributed by atoms with Crippen molar-refractivity contribution in [1.29, 1.82) is 0 Å². The molecule has 0 bridgehead atoms. The number of hydrogen-bond donors (Lipinski definition) is 0. The molecular weight excluding hydrogens is 259 g/mol. The molecule has 0 radical (unpaired) electrons. The summed E-state index contributed by atoms with van der Waals surface area (Å²) in [6.07, 6.45) is 15.6. The van der Waals surface area contributed by atoms with E-state index in [1.54, 1.807) is 5.30 Å². The Morgan fingerprint density at radius 2 is 1.45 bits per heavy atom. The topological polar surface area (TPSA) is 0 Å². The molecule has 0 aromatic heterocycles. The van der Waals surface area contributed by atoms with Crippen molar-refractivity contribution in [3.63, 3.8) is 0 Å². The van der Waals surface area contributed by atoms with Crippen LogP contribution in [-0.2, 0) is 0 Å². The fourth-order valence-electron chi connectivity index (χ4n) is 4.03. The first-order chi connectivity index (χ1) is 9.81. The minimum atomic E-state index is -1.05. The Kier molecular flexibility index (Phi) is 4.61. The molecule has 1 unspecified atom stereocenters. The molecule has 1 atom stereocenters. The first-order valence-electron chi connectivity index (χ1n) is 8.45. The first-order valence-corrected chi connectivity index (χ1v) is 10.8. The van der Waals surface area contributed by atoms with Crippen molar-refractivity contribution in [3.8, 4) is 0 Å². The highest BCUT2D eigenvalue weighted by atomic mass is 31.2. The molecule has 1 heteroatoms. The Labute approximate surface area is 125 Å². The van der Waals surface area contributed by atoms with Crippen molar-refractivity contribution in [1.82, 2.24) is 0 Å². The molecule has 1 aromatic carbocycles. The van der Waals surface area contributed by atoms with E-state index < -0.39 is 7.26 Å². The summed E-state index contributed by atoms with van der Waals surface area (Å²) in [5.74, 6) is 2.61. The quantitative estimate of drug-likeness (QED) is 0.569. The van der Waals surface area contributed by atoms with Crippen molar-refractivity contribution >= 4 is 18.6 Å². The third kappa shape index (κ3) is 2.86. The van der Waals surface area contributed by atoms with E-state index in [0.29, 0.717) is 0 Å².